The molecule has 1 nitrogen and oxygen atoms in total. The lowest BCUT2D eigenvalue weighted by Crippen LogP contribution is -2.15. The summed E-state index contributed by atoms with van der Waals surface area (Å²) in [5.74, 6) is 0.570. The van der Waals surface area contributed by atoms with Gasteiger partial charge in [-0.2, -0.15) is 0 Å². The van der Waals surface area contributed by atoms with E-state index in [0.29, 0.717) is 5.92 Å². The van der Waals surface area contributed by atoms with E-state index in [9.17, 15) is 0 Å². The number of benzene rings is 1. The first kappa shape index (κ1) is 12.3. The molecule has 0 aliphatic carbocycles. The molecule has 15 heavy (non-hydrogen) atoms. The monoisotopic (exact) mass is 205 g/mol. The number of nitrogens with two attached hydrogens (primary N) is 1. The molecule has 1 unspecified atom stereocenters. The van der Waals surface area contributed by atoms with Gasteiger partial charge in [-0.25, -0.2) is 0 Å². The molecule has 0 amide bonds. The van der Waals surface area contributed by atoms with Crippen molar-refractivity contribution in [1.29, 1.82) is 0 Å². The zero-order chi connectivity index (χ0) is 11.5. The van der Waals surface area contributed by atoms with Crippen molar-refractivity contribution in [3.63, 3.8) is 0 Å². The smallest absolute Gasteiger partial charge is 0.00483 e. The molecule has 0 spiro atoms. The molecule has 1 aromatic carbocycles. The second-order valence-corrected chi connectivity index (χ2v) is 5.50. The lowest BCUT2D eigenvalue weighted by Gasteiger charge is -2.20. The maximum absolute atomic E-state index is 5.64. The van der Waals surface area contributed by atoms with Crippen molar-refractivity contribution in [1.82, 2.24) is 0 Å². The fraction of sp³-hybridized carbons (Fsp3) is 0.571. The zero-order valence-electron chi connectivity index (χ0n) is 10.4. The summed E-state index contributed by atoms with van der Waals surface area (Å²) in [7, 11) is 0. The number of hydrogen-bond donors (Lipinski definition) is 1. The van der Waals surface area contributed by atoms with Crippen molar-refractivity contribution in [2.24, 2.45) is 11.7 Å². The average Bonchev–Trinajstić information content (AvgIpc) is 2.17. The largest absolute Gasteiger partial charge is 0.330 e. The third-order valence-corrected chi connectivity index (χ3v) is 2.78. The molecule has 2 N–H and O–H groups in total. The Morgan fingerprint density at radius 2 is 1.93 bits per heavy atom. The van der Waals surface area contributed by atoms with Gasteiger partial charge >= 0.3 is 0 Å². The van der Waals surface area contributed by atoms with Gasteiger partial charge in [0.25, 0.3) is 0 Å². The molecule has 0 aromatic heterocycles. The van der Waals surface area contributed by atoms with E-state index in [0.717, 1.165) is 13.0 Å². The maximum atomic E-state index is 5.64. The van der Waals surface area contributed by atoms with E-state index < -0.39 is 0 Å². The van der Waals surface area contributed by atoms with Gasteiger partial charge in [0, 0.05) is 0 Å². The number of hydrogen-bond acceptors (Lipinski definition) is 1. The van der Waals surface area contributed by atoms with Gasteiger partial charge in [-0.05, 0) is 35.4 Å². The topological polar surface area (TPSA) is 26.0 Å². The lowest BCUT2D eigenvalue weighted by atomic mass is 9.85. The Kier molecular flexibility index (Phi) is 3.92. The SMILES string of the molecule is CC(CN)Cc1cccc(C(C)(C)C)c1. The molecule has 0 saturated carbocycles. The molecule has 1 aromatic rings. The first-order valence-corrected chi connectivity index (χ1v) is 5.73. The molecule has 0 fully saturated rings. The molecule has 0 aliphatic heterocycles. The highest BCUT2D eigenvalue weighted by molar-refractivity contribution is 5.28. The summed E-state index contributed by atoms with van der Waals surface area (Å²) in [5, 5.41) is 0. The third-order valence-electron chi connectivity index (χ3n) is 2.78. The Labute approximate surface area is 93.7 Å². The summed E-state index contributed by atoms with van der Waals surface area (Å²) < 4.78 is 0. The lowest BCUT2D eigenvalue weighted by molar-refractivity contribution is 0.577. The predicted octanol–water partition coefficient (Wildman–Crippen LogP) is 3.12. The highest BCUT2D eigenvalue weighted by atomic mass is 14.5. The minimum absolute atomic E-state index is 0.238. The molecular weight excluding hydrogens is 182 g/mol. The van der Waals surface area contributed by atoms with Crippen LogP contribution in [0.25, 0.3) is 0 Å². The van der Waals surface area contributed by atoms with Crippen LogP contribution in [0.1, 0.15) is 38.8 Å². The Hall–Kier alpha value is -0.820. The predicted molar refractivity (Wildman–Crippen MR) is 67.1 cm³/mol. The van der Waals surface area contributed by atoms with E-state index in [-0.39, 0.29) is 5.41 Å². The minimum atomic E-state index is 0.238. The van der Waals surface area contributed by atoms with Crippen LogP contribution in [0.3, 0.4) is 0 Å². The van der Waals surface area contributed by atoms with E-state index in [2.05, 4.69) is 52.0 Å². The van der Waals surface area contributed by atoms with Gasteiger partial charge in [-0.3, -0.25) is 0 Å². The normalized spacial score (nSPS) is 13.9. The second kappa shape index (κ2) is 4.80. The summed E-state index contributed by atoms with van der Waals surface area (Å²) >= 11 is 0. The maximum Gasteiger partial charge on any atom is -0.00483 e. The molecule has 0 bridgehead atoms. The summed E-state index contributed by atoms with van der Waals surface area (Å²) in [6.07, 6.45) is 1.08. The standard InChI is InChI=1S/C14H23N/c1-11(10-15)8-12-6-5-7-13(9-12)14(2,3)4/h5-7,9,11H,8,10,15H2,1-4H3. The summed E-state index contributed by atoms with van der Waals surface area (Å²) in [6.45, 7) is 9.71. The van der Waals surface area contributed by atoms with Gasteiger partial charge in [-0.1, -0.05) is 52.0 Å². The molecule has 0 radical (unpaired) electrons. The first-order chi connectivity index (χ1) is 6.93. The minimum Gasteiger partial charge on any atom is -0.330 e. The van der Waals surface area contributed by atoms with E-state index in [4.69, 9.17) is 5.73 Å². The highest BCUT2D eigenvalue weighted by Gasteiger charge is 2.13. The fourth-order valence-corrected chi connectivity index (χ4v) is 1.65. The highest BCUT2D eigenvalue weighted by Crippen LogP contribution is 2.23. The summed E-state index contributed by atoms with van der Waals surface area (Å²) in [5.41, 5.74) is 8.69. The molecule has 0 saturated heterocycles. The van der Waals surface area contributed by atoms with E-state index in [1.54, 1.807) is 0 Å². The molecule has 1 rings (SSSR count). The van der Waals surface area contributed by atoms with Crippen LogP contribution < -0.4 is 5.73 Å². The Balaban J connectivity index is 2.84. The van der Waals surface area contributed by atoms with Crippen molar-refractivity contribution in [3.8, 4) is 0 Å². The average molecular weight is 205 g/mol. The molecule has 0 heterocycles. The van der Waals surface area contributed by atoms with Crippen LogP contribution in [0, 0.1) is 5.92 Å². The first-order valence-electron chi connectivity index (χ1n) is 5.73. The molecule has 1 heteroatoms. The van der Waals surface area contributed by atoms with Gasteiger partial charge in [0.1, 0.15) is 0 Å². The van der Waals surface area contributed by atoms with E-state index in [1.807, 2.05) is 0 Å². The second-order valence-electron chi connectivity index (χ2n) is 5.50. The van der Waals surface area contributed by atoms with Crippen LogP contribution in [0.4, 0.5) is 0 Å². The Morgan fingerprint density at radius 1 is 1.27 bits per heavy atom. The van der Waals surface area contributed by atoms with Crippen LogP contribution in [0.2, 0.25) is 0 Å². The van der Waals surface area contributed by atoms with Crippen molar-refractivity contribution in [2.75, 3.05) is 6.54 Å². The Bertz CT molecular complexity index is 309. The van der Waals surface area contributed by atoms with E-state index in [1.165, 1.54) is 11.1 Å². The van der Waals surface area contributed by atoms with Crippen LogP contribution in [0.15, 0.2) is 24.3 Å². The van der Waals surface area contributed by atoms with Crippen molar-refractivity contribution in [3.05, 3.63) is 35.4 Å². The van der Waals surface area contributed by atoms with Gasteiger partial charge in [0.05, 0.1) is 0 Å². The molecule has 0 aliphatic rings. The van der Waals surface area contributed by atoms with Crippen molar-refractivity contribution >= 4 is 0 Å². The fourth-order valence-electron chi connectivity index (χ4n) is 1.65. The summed E-state index contributed by atoms with van der Waals surface area (Å²) in [6, 6.07) is 8.86. The quantitative estimate of drug-likeness (QED) is 0.806. The summed E-state index contributed by atoms with van der Waals surface area (Å²) in [4.78, 5) is 0. The van der Waals surface area contributed by atoms with Gasteiger partial charge in [-0.15, -0.1) is 0 Å². The molecule has 1 atom stereocenters. The van der Waals surface area contributed by atoms with Crippen molar-refractivity contribution in [2.45, 2.75) is 39.5 Å². The third kappa shape index (κ3) is 3.67. The van der Waals surface area contributed by atoms with Crippen LogP contribution >= 0.6 is 0 Å². The number of rotatable bonds is 3. The van der Waals surface area contributed by atoms with E-state index >= 15 is 0 Å². The Morgan fingerprint density at radius 3 is 2.47 bits per heavy atom. The molecular formula is C14H23N. The van der Waals surface area contributed by atoms with Crippen LogP contribution in [-0.4, -0.2) is 6.54 Å². The van der Waals surface area contributed by atoms with Gasteiger partial charge in [0.2, 0.25) is 0 Å². The van der Waals surface area contributed by atoms with Crippen LogP contribution in [0.5, 0.6) is 0 Å². The zero-order valence-corrected chi connectivity index (χ0v) is 10.4. The molecule has 84 valence electrons. The van der Waals surface area contributed by atoms with Gasteiger partial charge < -0.3 is 5.73 Å². The van der Waals surface area contributed by atoms with Crippen molar-refractivity contribution < 1.29 is 0 Å². The van der Waals surface area contributed by atoms with Gasteiger partial charge in [0.15, 0.2) is 0 Å². The van der Waals surface area contributed by atoms with Crippen LogP contribution in [-0.2, 0) is 11.8 Å².